The molecule has 4 nitrogen and oxygen atoms in total. The maximum Gasteiger partial charge on any atom is 0.257 e. The van der Waals surface area contributed by atoms with Crippen molar-refractivity contribution in [3.8, 4) is 5.75 Å². The molecule has 1 heterocycles. The van der Waals surface area contributed by atoms with Crippen molar-refractivity contribution in [1.82, 2.24) is 5.32 Å². The first kappa shape index (κ1) is 18.9. The fourth-order valence-electron chi connectivity index (χ4n) is 3.42. The van der Waals surface area contributed by atoms with Gasteiger partial charge in [-0.25, -0.2) is 4.39 Å². The molecule has 0 bridgehead atoms. The summed E-state index contributed by atoms with van der Waals surface area (Å²) >= 11 is 1.63. The molecular weight excluding hydrogens is 353 g/mol. The second-order valence-corrected chi connectivity index (χ2v) is 8.00. The van der Waals surface area contributed by atoms with Gasteiger partial charge in [-0.3, -0.25) is 4.79 Å². The number of ether oxygens (including phenoxy) is 1. The summed E-state index contributed by atoms with van der Waals surface area (Å²) in [5.41, 5.74) is -0.0522. The zero-order valence-electron chi connectivity index (χ0n) is 14.8. The van der Waals surface area contributed by atoms with Gasteiger partial charge < -0.3 is 15.2 Å². The van der Waals surface area contributed by atoms with E-state index in [4.69, 9.17) is 4.74 Å². The number of benzene rings is 1. The summed E-state index contributed by atoms with van der Waals surface area (Å²) in [5.74, 6) is -0.0534. The summed E-state index contributed by atoms with van der Waals surface area (Å²) < 4.78 is 18.3. The number of halogens is 1. The molecular formula is C20H24FNO3S. The van der Waals surface area contributed by atoms with E-state index in [-0.39, 0.29) is 23.7 Å². The van der Waals surface area contributed by atoms with Crippen molar-refractivity contribution in [2.45, 2.75) is 44.1 Å². The molecule has 0 saturated heterocycles. The Labute approximate surface area is 157 Å². The average molecular weight is 377 g/mol. The quantitative estimate of drug-likeness (QED) is 0.768. The van der Waals surface area contributed by atoms with Gasteiger partial charge in [-0.2, -0.15) is 0 Å². The monoisotopic (exact) mass is 377 g/mol. The summed E-state index contributed by atoms with van der Waals surface area (Å²) in [6.45, 7) is 2.24. The Morgan fingerprint density at radius 2 is 1.96 bits per heavy atom. The van der Waals surface area contributed by atoms with Crippen LogP contribution in [0.4, 0.5) is 4.39 Å². The van der Waals surface area contributed by atoms with Crippen molar-refractivity contribution in [2.24, 2.45) is 0 Å². The molecule has 1 aromatic heterocycles. The van der Waals surface area contributed by atoms with Crippen LogP contribution in [-0.4, -0.2) is 24.2 Å². The second kappa shape index (κ2) is 8.18. The van der Waals surface area contributed by atoms with E-state index in [9.17, 15) is 14.3 Å². The van der Waals surface area contributed by atoms with Gasteiger partial charge in [0.15, 0.2) is 6.61 Å². The highest BCUT2D eigenvalue weighted by atomic mass is 32.1. The predicted octanol–water partition coefficient (Wildman–Crippen LogP) is 3.95. The fraction of sp³-hybridized carbons (Fsp3) is 0.450. The van der Waals surface area contributed by atoms with Crippen molar-refractivity contribution in [3.63, 3.8) is 0 Å². The molecule has 6 heteroatoms. The molecule has 26 heavy (non-hydrogen) atoms. The van der Waals surface area contributed by atoms with Crippen molar-refractivity contribution >= 4 is 17.2 Å². The van der Waals surface area contributed by atoms with Crippen LogP contribution in [0.15, 0.2) is 36.4 Å². The van der Waals surface area contributed by atoms with E-state index in [1.807, 2.05) is 6.07 Å². The molecule has 1 aliphatic carbocycles. The first-order chi connectivity index (χ1) is 12.5. The molecule has 1 unspecified atom stereocenters. The number of carbonyl (C=O) groups is 1. The van der Waals surface area contributed by atoms with Gasteiger partial charge in [-0.15, -0.1) is 11.3 Å². The smallest absolute Gasteiger partial charge is 0.257 e. The number of aliphatic hydroxyl groups excluding tert-OH is 1. The van der Waals surface area contributed by atoms with Crippen LogP contribution in [-0.2, 0) is 10.2 Å². The number of thiophene rings is 1. The van der Waals surface area contributed by atoms with Gasteiger partial charge in [0.25, 0.3) is 5.91 Å². The van der Waals surface area contributed by atoms with Gasteiger partial charge in [0, 0.05) is 21.7 Å². The minimum atomic E-state index is -0.467. The van der Waals surface area contributed by atoms with Crippen molar-refractivity contribution in [3.05, 3.63) is 52.0 Å². The Balaban J connectivity index is 1.58. The Morgan fingerprint density at radius 1 is 1.27 bits per heavy atom. The van der Waals surface area contributed by atoms with Crippen molar-refractivity contribution in [1.29, 1.82) is 0 Å². The lowest BCUT2D eigenvalue weighted by molar-refractivity contribution is -0.123. The number of aliphatic hydroxyl groups is 1. The molecule has 3 rings (SSSR count). The Bertz CT molecular complexity index is 736. The number of carbonyl (C=O) groups excluding carboxylic acids is 1. The van der Waals surface area contributed by atoms with Crippen LogP contribution in [0.1, 0.15) is 48.5 Å². The van der Waals surface area contributed by atoms with Crippen LogP contribution < -0.4 is 10.1 Å². The summed E-state index contributed by atoms with van der Waals surface area (Å²) in [7, 11) is 0. The number of rotatable bonds is 7. The van der Waals surface area contributed by atoms with E-state index in [2.05, 4.69) is 11.4 Å². The van der Waals surface area contributed by atoms with Crippen LogP contribution in [0.2, 0.25) is 0 Å². The Hall–Kier alpha value is -1.92. The lowest BCUT2D eigenvalue weighted by atomic mass is 9.84. The summed E-state index contributed by atoms with van der Waals surface area (Å²) in [4.78, 5) is 14.4. The van der Waals surface area contributed by atoms with Crippen LogP contribution in [0.3, 0.4) is 0 Å². The lowest BCUT2D eigenvalue weighted by Crippen LogP contribution is -2.40. The third kappa shape index (κ3) is 4.43. The third-order valence-electron chi connectivity index (χ3n) is 4.93. The maximum atomic E-state index is 12.9. The van der Waals surface area contributed by atoms with E-state index in [1.54, 1.807) is 18.3 Å². The molecule has 0 aliphatic heterocycles. The molecule has 1 aliphatic rings. The zero-order valence-corrected chi connectivity index (χ0v) is 15.7. The van der Waals surface area contributed by atoms with Gasteiger partial charge in [0.2, 0.25) is 0 Å². The molecule has 1 saturated carbocycles. The standard InChI is InChI=1S/C20H24FNO3S/c1-14(23)17-8-9-18(26-17)20(10-2-3-11-20)13-22-19(24)12-25-16-6-4-15(21)5-7-16/h4-9,14,23H,2-3,10-13H2,1H3,(H,22,24). The van der Waals surface area contributed by atoms with E-state index in [0.29, 0.717) is 12.3 Å². The summed E-state index contributed by atoms with van der Waals surface area (Å²) in [6.07, 6.45) is 3.89. The van der Waals surface area contributed by atoms with Gasteiger partial charge in [-0.05, 0) is 56.2 Å². The molecule has 0 spiro atoms. The van der Waals surface area contributed by atoms with Gasteiger partial charge in [0.1, 0.15) is 11.6 Å². The molecule has 2 aromatic rings. The summed E-state index contributed by atoms with van der Waals surface area (Å²) in [6, 6.07) is 9.67. The molecule has 2 N–H and O–H groups in total. The third-order valence-corrected chi connectivity index (χ3v) is 6.43. The van der Waals surface area contributed by atoms with Gasteiger partial charge in [0.05, 0.1) is 6.10 Å². The van der Waals surface area contributed by atoms with Crippen LogP contribution in [0.25, 0.3) is 0 Å². The van der Waals surface area contributed by atoms with Crippen LogP contribution in [0.5, 0.6) is 5.75 Å². The largest absolute Gasteiger partial charge is 0.484 e. The topological polar surface area (TPSA) is 58.6 Å². The Kier molecular flexibility index (Phi) is 5.94. The molecule has 1 atom stereocenters. The van der Waals surface area contributed by atoms with E-state index in [1.165, 1.54) is 29.1 Å². The number of hydrogen-bond acceptors (Lipinski definition) is 4. The minimum Gasteiger partial charge on any atom is -0.484 e. The van der Waals surface area contributed by atoms with Crippen LogP contribution in [0, 0.1) is 5.82 Å². The zero-order chi connectivity index (χ0) is 18.6. The molecule has 0 radical (unpaired) electrons. The molecule has 140 valence electrons. The first-order valence-electron chi connectivity index (χ1n) is 8.92. The number of hydrogen-bond donors (Lipinski definition) is 2. The van der Waals surface area contributed by atoms with Crippen molar-refractivity contribution in [2.75, 3.05) is 13.2 Å². The highest BCUT2D eigenvalue weighted by molar-refractivity contribution is 7.12. The maximum absolute atomic E-state index is 12.9. The van der Waals surface area contributed by atoms with E-state index >= 15 is 0 Å². The number of nitrogens with one attached hydrogen (secondary N) is 1. The second-order valence-electron chi connectivity index (χ2n) is 6.88. The van der Waals surface area contributed by atoms with E-state index in [0.717, 1.165) is 30.6 Å². The van der Waals surface area contributed by atoms with Crippen molar-refractivity contribution < 1.29 is 19.0 Å². The van der Waals surface area contributed by atoms with Gasteiger partial charge >= 0.3 is 0 Å². The summed E-state index contributed by atoms with van der Waals surface area (Å²) in [5, 5.41) is 12.8. The molecule has 1 fully saturated rings. The highest BCUT2D eigenvalue weighted by Crippen LogP contribution is 2.44. The Morgan fingerprint density at radius 3 is 2.58 bits per heavy atom. The minimum absolute atomic E-state index is 0.0522. The average Bonchev–Trinajstić information content (AvgIpc) is 3.29. The SMILES string of the molecule is CC(O)c1ccc(C2(CNC(=O)COc3ccc(F)cc3)CCCC2)s1. The lowest BCUT2D eigenvalue weighted by Gasteiger charge is -2.28. The first-order valence-corrected chi connectivity index (χ1v) is 9.73. The van der Waals surface area contributed by atoms with E-state index < -0.39 is 6.10 Å². The number of amides is 1. The van der Waals surface area contributed by atoms with Gasteiger partial charge in [-0.1, -0.05) is 12.8 Å². The fourth-order valence-corrected chi connectivity index (χ4v) is 4.61. The highest BCUT2D eigenvalue weighted by Gasteiger charge is 2.37. The molecule has 1 amide bonds. The molecule has 1 aromatic carbocycles. The normalized spacial score (nSPS) is 17.0. The predicted molar refractivity (Wildman–Crippen MR) is 100 cm³/mol. The van der Waals surface area contributed by atoms with Crippen LogP contribution >= 0.6 is 11.3 Å².